The summed E-state index contributed by atoms with van der Waals surface area (Å²) < 4.78 is 0. The summed E-state index contributed by atoms with van der Waals surface area (Å²) in [5.74, 6) is 0. The Bertz CT molecular complexity index is 1030. The predicted molar refractivity (Wildman–Crippen MR) is 112 cm³/mol. The molecule has 3 aromatic carbocycles. The fourth-order valence-corrected chi connectivity index (χ4v) is 4.03. The Morgan fingerprint density at radius 3 is 2.44 bits per heavy atom. The molecule has 0 bridgehead atoms. The summed E-state index contributed by atoms with van der Waals surface area (Å²) in [6.07, 6.45) is 2.30. The van der Waals surface area contributed by atoms with Crippen LogP contribution in [0.5, 0.6) is 0 Å². The molecule has 4 rings (SSSR count). The first kappa shape index (κ1) is 18.1. The Morgan fingerprint density at radius 1 is 0.889 bits per heavy atom. The minimum atomic E-state index is 0.578. The van der Waals surface area contributed by atoms with Gasteiger partial charge in [0.05, 0.1) is 27.4 Å². The summed E-state index contributed by atoms with van der Waals surface area (Å²) in [7, 11) is 0. The van der Waals surface area contributed by atoms with Gasteiger partial charge in [-0.2, -0.15) is 5.26 Å². The number of benzene rings is 3. The molecule has 0 saturated carbocycles. The average molecular weight is 396 g/mol. The van der Waals surface area contributed by atoms with E-state index in [0.717, 1.165) is 54.5 Å². The zero-order valence-electron chi connectivity index (χ0n) is 14.8. The summed E-state index contributed by atoms with van der Waals surface area (Å²) >= 11 is 12.3. The Morgan fingerprint density at radius 2 is 1.67 bits per heavy atom. The van der Waals surface area contributed by atoms with Gasteiger partial charge in [-0.3, -0.25) is 0 Å². The maximum absolute atomic E-state index is 9.43. The third-order valence-corrected chi connectivity index (χ3v) is 5.77. The molecule has 0 aliphatic carbocycles. The van der Waals surface area contributed by atoms with Gasteiger partial charge in [0.25, 0.3) is 0 Å². The highest BCUT2D eigenvalue weighted by Crippen LogP contribution is 2.33. The van der Waals surface area contributed by atoms with Crippen LogP contribution < -0.4 is 5.01 Å². The molecule has 3 nitrogen and oxygen atoms in total. The van der Waals surface area contributed by atoms with E-state index in [-0.39, 0.29) is 0 Å². The summed E-state index contributed by atoms with van der Waals surface area (Å²) in [6, 6.07) is 20.2. The van der Waals surface area contributed by atoms with Gasteiger partial charge in [-0.05, 0) is 42.7 Å². The molecule has 136 valence electrons. The molecule has 1 fully saturated rings. The van der Waals surface area contributed by atoms with Crippen LogP contribution in [0.15, 0.2) is 54.6 Å². The van der Waals surface area contributed by atoms with E-state index in [2.05, 4.69) is 28.2 Å². The van der Waals surface area contributed by atoms with Crippen LogP contribution in [-0.2, 0) is 6.54 Å². The number of fused-ring (bicyclic) bond motifs is 1. The minimum absolute atomic E-state index is 0.578. The van der Waals surface area contributed by atoms with Gasteiger partial charge >= 0.3 is 0 Å². The predicted octanol–water partition coefficient (Wildman–Crippen LogP) is 6.04. The monoisotopic (exact) mass is 395 g/mol. The molecule has 27 heavy (non-hydrogen) atoms. The van der Waals surface area contributed by atoms with Gasteiger partial charge in [0.2, 0.25) is 0 Å². The van der Waals surface area contributed by atoms with E-state index in [4.69, 9.17) is 23.2 Å². The van der Waals surface area contributed by atoms with Gasteiger partial charge in [0.1, 0.15) is 0 Å². The lowest BCUT2D eigenvalue weighted by atomic mass is 10.0. The van der Waals surface area contributed by atoms with Crippen LogP contribution in [0, 0.1) is 11.3 Å². The molecule has 1 heterocycles. The average Bonchev–Trinajstić information content (AvgIpc) is 2.70. The second-order valence-electron chi connectivity index (χ2n) is 6.76. The van der Waals surface area contributed by atoms with Crippen molar-refractivity contribution in [3.63, 3.8) is 0 Å². The Balaban J connectivity index is 1.72. The Hall–Kier alpha value is -2.25. The molecule has 0 spiro atoms. The van der Waals surface area contributed by atoms with Crippen molar-refractivity contribution in [2.75, 3.05) is 18.1 Å². The number of halogens is 2. The van der Waals surface area contributed by atoms with Gasteiger partial charge < -0.3 is 5.01 Å². The van der Waals surface area contributed by atoms with Crippen molar-refractivity contribution in [1.82, 2.24) is 5.01 Å². The number of hydrogen-bond acceptors (Lipinski definition) is 3. The molecular formula is C22H19Cl2N3. The number of hydrazine groups is 1. The van der Waals surface area contributed by atoms with E-state index in [9.17, 15) is 5.26 Å². The smallest absolute Gasteiger partial charge is 0.0998 e. The lowest BCUT2D eigenvalue weighted by Crippen LogP contribution is -2.47. The van der Waals surface area contributed by atoms with Crippen molar-refractivity contribution >= 4 is 39.7 Å². The van der Waals surface area contributed by atoms with Gasteiger partial charge in [-0.15, -0.1) is 0 Å². The topological polar surface area (TPSA) is 30.3 Å². The van der Waals surface area contributed by atoms with E-state index in [0.29, 0.717) is 15.6 Å². The Kier molecular flexibility index (Phi) is 5.22. The number of nitriles is 1. The molecule has 0 N–H and O–H groups in total. The second-order valence-corrected chi connectivity index (χ2v) is 7.57. The first-order valence-corrected chi connectivity index (χ1v) is 9.81. The standard InChI is InChI=1S/C22H19Cl2N3/c23-20-9-7-16(13-21(20)24)15-26-11-3-4-12-27(26)22-10-8-17(14-25)18-5-1-2-6-19(18)22/h1-2,5-10,13H,3-4,11-12,15H2. The first-order chi connectivity index (χ1) is 13.2. The summed E-state index contributed by atoms with van der Waals surface area (Å²) in [6.45, 7) is 2.71. The number of nitrogens with zero attached hydrogens (tertiary/aromatic N) is 3. The zero-order valence-corrected chi connectivity index (χ0v) is 16.3. The van der Waals surface area contributed by atoms with Crippen molar-refractivity contribution in [3.8, 4) is 6.07 Å². The normalized spacial score (nSPS) is 15.1. The van der Waals surface area contributed by atoms with Gasteiger partial charge in [0, 0.05) is 30.4 Å². The molecule has 0 amide bonds. The van der Waals surface area contributed by atoms with E-state index in [1.54, 1.807) is 0 Å². The molecule has 0 aromatic heterocycles. The Labute approximate surface area is 169 Å². The van der Waals surface area contributed by atoms with Crippen LogP contribution in [0.25, 0.3) is 10.8 Å². The largest absolute Gasteiger partial charge is 0.305 e. The van der Waals surface area contributed by atoms with E-state index in [1.807, 2.05) is 42.5 Å². The van der Waals surface area contributed by atoms with Crippen LogP contribution in [-0.4, -0.2) is 18.1 Å². The highest BCUT2D eigenvalue weighted by molar-refractivity contribution is 6.42. The molecule has 1 aliphatic heterocycles. The van der Waals surface area contributed by atoms with Crippen molar-refractivity contribution in [1.29, 1.82) is 5.26 Å². The SMILES string of the molecule is N#Cc1ccc(N2CCCCN2Cc2ccc(Cl)c(Cl)c2)c2ccccc12. The third-order valence-electron chi connectivity index (χ3n) is 5.03. The van der Waals surface area contributed by atoms with E-state index < -0.39 is 0 Å². The maximum atomic E-state index is 9.43. The van der Waals surface area contributed by atoms with Crippen LogP contribution >= 0.6 is 23.2 Å². The second kappa shape index (κ2) is 7.78. The minimum Gasteiger partial charge on any atom is -0.305 e. The van der Waals surface area contributed by atoms with Crippen molar-refractivity contribution in [2.45, 2.75) is 19.4 Å². The number of rotatable bonds is 3. The highest BCUT2D eigenvalue weighted by Gasteiger charge is 2.22. The molecule has 0 unspecified atom stereocenters. The van der Waals surface area contributed by atoms with Crippen molar-refractivity contribution in [2.24, 2.45) is 0 Å². The van der Waals surface area contributed by atoms with Gasteiger partial charge in [0.15, 0.2) is 0 Å². The van der Waals surface area contributed by atoms with Gasteiger partial charge in [-0.25, -0.2) is 5.01 Å². The number of anilines is 1. The zero-order chi connectivity index (χ0) is 18.8. The fourth-order valence-electron chi connectivity index (χ4n) is 3.71. The summed E-state index contributed by atoms with van der Waals surface area (Å²) in [4.78, 5) is 0. The summed E-state index contributed by atoms with van der Waals surface area (Å²) in [5.41, 5.74) is 2.99. The molecule has 0 atom stereocenters. The van der Waals surface area contributed by atoms with Crippen molar-refractivity contribution < 1.29 is 0 Å². The van der Waals surface area contributed by atoms with E-state index >= 15 is 0 Å². The van der Waals surface area contributed by atoms with Gasteiger partial charge in [-0.1, -0.05) is 53.5 Å². The molecule has 0 radical (unpaired) electrons. The molecule has 5 heteroatoms. The molecule has 1 aliphatic rings. The first-order valence-electron chi connectivity index (χ1n) is 9.05. The molecule has 1 saturated heterocycles. The fraction of sp³-hybridized carbons (Fsp3) is 0.227. The highest BCUT2D eigenvalue weighted by atomic mass is 35.5. The maximum Gasteiger partial charge on any atom is 0.0998 e. The van der Waals surface area contributed by atoms with Crippen LogP contribution in [0.4, 0.5) is 5.69 Å². The van der Waals surface area contributed by atoms with Crippen LogP contribution in [0.2, 0.25) is 10.0 Å². The summed E-state index contributed by atoms with van der Waals surface area (Å²) in [5, 5.41) is 17.4. The van der Waals surface area contributed by atoms with Crippen molar-refractivity contribution in [3.05, 3.63) is 75.8 Å². The van der Waals surface area contributed by atoms with E-state index in [1.165, 1.54) is 0 Å². The quantitative estimate of drug-likeness (QED) is 0.541. The lowest BCUT2D eigenvalue weighted by molar-refractivity contribution is 0.205. The van der Waals surface area contributed by atoms with Crippen LogP contribution in [0.3, 0.4) is 0 Å². The lowest BCUT2D eigenvalue weighted by Gasteiger charge is -2.41. The van der Waals surface area contributed by atoms with Crippen LogP contribution in [0.1, 0.15) is 24.0 Å². The number of hydrogen-bond donors (Lipinski definition) is 0. The molecule has 3 aromatic rings. The third kappa shape index (κ3) is 3.61. The molecular weight excluding hydrogens is 377 g/mol.